The van der Waals surface area contributed by atoms with Crippen molar-refractivity contribution < 1.29 is 14.3 Å². The number of nitrogens with zero attached hydrogens (tertiary/aromatic N) is 2. The van der Waals surface area contributed by atoms with Crippen LogP contribution in [0.1, 0.15) is 35.7 Å². The van der Waals surface area contributed by atoms with E-state index in [4.69, 9.17) is 11.5 Å². The molecule has 4 rings (SSSR count). The molecule has 2 aliphatic rings. The Morgan fingerprint density at radius 2 is 2.04 bits per heavy atom. The Morgan fingerprint density at radius 1 is 1.35 bits per heavy atom. The van der Waals surface area contributed by atoms with E-state index in [-0.39, 0.29) is 28.8 Å². The number of benzene rings is 1. The van der Waals surface area contributed by atoms with Crippen molar-refractivity contribution in [2.24, 2.45) is 5.73 Å². The van der Waals surface area contributed by atoms with Crippen molar-refractivity contribution in [3.05, 3.63) is 32.3 Å². The van der Waals surface area contributed by atoms with Crippen LogP contribution in [0.15, 0.2) is 15.5 Å². The highest BCUT2D eigenvalue weighted by Crippen LogP contribution is 2.44. The van der Waals surface area contributed by atoms with Gasteiger partial charge in [-0.25, -0.2) is 9.18 Å². The van der Waals surface area contributed by atoms with Crippen molar-refractivity contribution in [2.45, 2.75) is 31.3 Å². The first-order valence-electron chi connectivity index (χ1n) is 8.40. The molecule has 0 bridgehead atoms. The van der Waals surface area contributed by atoms with E-state index in [1.165, 1.54) is 6.20 Å². The predicted molar refractivity (Wildman–Crippen MR) is 100 cm³/mol. The molecule has 2 heterocycles. The molecule has 1 aromatic carbocycles. The normalized spacial score (nSPS) is 20.1. The van der Waals surface area contributed by atoms with Gasteiger partial charge >= 0.3 is 5.97 Å². The Kier molecular flexibility index (Phi) is 3.96. The third-order valence-corrected chi connectivity index (χ3v) is 5.83. The maximum Gasteiger partial charge on any atom is 0.341 e. The highest BCUT2D eigenvalue weighted by Gasteiger charge is 2.33. The van der Waals surface area contributed by atoms with Gasteiger partial charge in [0, 0.05) is 31.4 Å². The van der Waals surface area contributed by atoms with Gasteiger partial charge in [0.2, 0.25) is 5.43 Å². The van der Waals surface area contributed by atoms with E-state index in [1.54, 1.807) is 4.57 Å². The van der Waals surface area contributed by atoms with Gasteiger partial charge in [-0.2, -0.15) is 0 Å². The Morgan fingerprint density at radius 3 is 2.58 bits per heavy atom. The van der Waals surface area contributed by atoms with Gasteiger partial charge in [-0.3, -0.25) is 4.79 Å². The third-order valence-electron chi connectivity index (χ3n) is 5.08. The highest BCUT2D eigenvalue weighted by atomic mass is 79.9. The van der Waals surface area contributed by atoms with Crippen molar-refractivity contribution in [3.63, 3.8) is 0 Å². The quantitative estimate of drug-likeness (QED) is 0.649. The van der Waals surface area contributed by atoms with Crippen molar-refractivity contribution in [1.29, 1.82) is 0 Å². The van der Waals surface area contributed by atoms with Crippen LogP contribution in [-0.2, 0) is 0 Å². The van der Waals surface area contributed by atoms with E-state index in [0.717, 1.165) is 19.3 Å². The number of hydrogen-bond acceptors (Lipinski definition) is 5. The minimum Gasteiger partial charge on any atom is -0.477 e. The molecule has 7 nitrogen and oxygen atoms in total. The summed E-state index contributed by atoms with van der Waals surface area (Å²) in [6.07, 6.45) is 3.80. The first-order chi connectivity index (χ1) is 12.3. The van der Waals surface area contributed by atoms with Gasteiger partial charge in [0.25, 0.3) is 0 Å². The van der Waals surface area contributed by atoms with Crippen LogP contribution in [0, 0.1) is 5.82 Å². The number of halogens is 2. The minimum absolute atomic E-state index is 0.0572. The molecule has 1 aromatic heterocycles. The lowest BCUT2D eigenvalue weighted by molar-refractivity contribution is 0.0695. The summed E-state index contributed by atoms with van der Waals surface area (Å²) >= 11 is 3.45. The van der Waals surface area contributed by atoms with Crippen molar-refractivity contribution in [2.75, 3.05) is 23.7 Å². The first kappa shape index (κ1) is 17.3. The molecule has 26 heavy (non-hydrogen) atoms. The lowest BCUT2D eigenvalue weighted by Crippen LogP contribution is -2.28. The Bertz CT molecular complexity index is 1000. The molecule has 1 aliphatic heterocycles. The largest absolute Gasteiger partial charge is 0.477 e. The number of pyridine rings is 1. The molecular formula is C17H18BrFN4O3. The molecule has 5 N–H and O–H groups in total. The number of carbonyl (C=O) groups is 1. The number of aromatic carboxylic acids is 1. The van der Waals surface area contributed by atoms with E-state index >= 15 is 4.39 Å². The van der Waals surface area contributed by atoms with Crippen LogP contribution in [0.25, 0.3) is 10.9 Å². The summed E-state index contributed by atoms with van der Waals surface area (Å²) in [5, 5.41) is 9.27. The van der Waals surface area contributed by atoms with Gasteiger partial charge in [0.15, 0.2) is 5.82 Å². The van der Waals surface area contributed by atoms with Gasteiger partial charge in [-0.15, -0.1) is 0 Å². The molecule has 1 unspecified atom stereocenters. The molecule has 138 valence electrons. The maximum atomic E-state index is 15.1. The predicted octanol–water partition coefficient (Wildman–Crippen LogP) is 2.06. The monoisotopic (exact) mass is 424 g/mol. The number of carboxylic acid groups (broad SMARTS) is 1. The Hall–Kier alpha value is -2.13. The van der Waals surface area contributed by atoms with Gasteiger partial charge in [0.1, 0.15) is 5.56 Å². The smallest absolute Gasteiger partial charge is 0.341 e. The van der Waals surface area contributed by atoms with Crippen molar-refractivity contribution >= 4 is 44.2 Å². The van der Waals surface area contributed by atoms with E-state index < -0.39 is 22.8 Å². The van der Waals surface area contributed by atoms with Crippen LogP contribution in [0.3, 0.4) is 0 Å². The Balaban J connectivity index is 2.09. The summed E-state index contributed by atoms with van der Waals surface area (Å²) in [5.74, 6) is -2.07. The summed E-state index contributed by atoms with van der Waals surface area (Å²) < 4.78 is 17.2. The summed E-state index contributed by atoms with van der Waals surface area (Å²) in [7, 11) is 0. The second-order valence-electron chi connectivity index (χ2n) is 6.92. The molecular weight excluding hydrogens is 407 g/mol. The molecule has 1 saturated carbocycles. The van der Waals surface area contributed by atoms with Gasteiger partial charge in [-0.05, 0) is 35.2 Å². The van der Waals surface area contributed by atoms with Gasteiger partial charge in [-0.1, -0.05) is 0 Å². The number of anilines is 2. The van der Waals surface area contributed by atoms with E-state index in [0.29, 0.717) is 23.1 Å². The highest BCUT2D eigenvalue weighted by molar-refractivity contribution is 9.10. The number of nitrogen functional groups attached to an aromatic ring is 1. The van der Waals surface area contributed by atoms with Crippen molar-refractivity contribution in [3.8, 4) is 0 Å². The van der Waals surface area contributed by atoms with Crippen LogP contribution in [0.2, 0.25) is 0 Å². The SMILES string of the molecule is Nc1c(F)c(N2CCC(N)C2)c(Br)c2c1c(=O)c(C(=O)O)cn2C1CC1. The molecule has 9 heteroatoms. The molecule has 0 spiro atoms. The standard InChI is InChI=1S/C17H18BrFN4O3/c18-11-14-10(13(21)12(19)15(11)22-4-3-7(20)5-22)16(24)9(17(25)26)6-23(14)8-1-2-8/h6-8H,1-5,20-21H2,(H,25,26). The van der Waals surface area contributed by atoms with Crippen LogP contribution >= 0.6 is 15.9 Å². The maximum absolute atomic E-state index is 15.1. The molecule has 1 atom stereocenters. The fraction of sp³-hybridized carbons (Fsp3) is 0.412. The topological polar surface area (TPSA) is 115 Å². The van der Waals surface area contributed by atoms with Crippen molar-refractivity contribution in [1.82, 2.24) is 4.57 Å². The second kappa shape index (κ2) is 5.95. The number of nitrogens with two attached hydrogens (primary N) is 2. The molecule has 1 saturated heterocycles. The fourth-order valence-electron chi connectivity index (χ4n) is 3.61. The zero-order chi connectivity index (χ0) is 18.7. The molecule has 2 aromatic rings. The lowest BCUT2D eigenvalue weighted by atomic mass is 10.1. The average molecular weight is 425 g/mol. The zero-order valence-electron chi connectivity index (χ0n) is 13.8. The summed E-state index contributed by atoms with van der Waals surface area (Å²) in [4.78, 5) is 26.0. The first-order valence-corrected chi connectivity index (χ1v) is 9.19. The fourth-order valence-corrected chi connectivity index (χ4v) is 4.44. The summed E-state index contributed by atoms with van der Waals surface area (Å²) in [6.45, 7) is 1.07. The summed E-state index contributed by atoms with van der Waals surface area (Å²) in [5.41, 5.74) is 11.2. The molecule has 0 amide bonds. The number of fused-ring (bicyclic) bond motifs is 1. The lowest BCUT2D eigenvalue weighted by Gasteiger charge is -2.24. The van der Waals surface area contributed by atoms with E-state index in [9.17, 15) is 14.7 Å². The minimum atomic E-state index is -1.35. The van der Waals surface area contributed by atoms with E-state index in [1.807, 2.05) is 4.90 Å². The van der Waals surface area contributed by atoms with Crippen LogP contribution in [-0.4, -0.2) is 34.8 Å². The third kappa shape index (κ3) is 2.49. The van der Waals surface area contributed by atoms with Crippen LogP contribution in [0.4, 0.5) is 15.8 Å². The number of carboxylic acids is 1. The van der Waals surface area contributed by atoms with Gasteiger partial charge < -0.3 is 26.0 Å². The molecule has 0 radical (unpaired) electrons. The number of aromatic nitrogens is 1. The second-order valence-corrected chi connectivity index (χ2v) is 7.72. The molecule has 2 fully saturated rings. The zero-order valence-corrected chi connectivity index (χ0v) is 15.4. The number of rotatable bonds is 3. The molecule has 1 aliphatic carbocycles. The van der Waals surface area contributed by atoms with Crippen LogP contribution < -0.4 is 21.8 Å². The van der Waals surface area contributed by atoms with Gasteiger partial charge in [0.05, 0.1) is 26.8 Å². The average Bonchev–Trinajstić information content (AvgIpc) is 3.34. The Labute approximate surface area is 156 Å². The van der Waals surface area contributed by atoms with E-state index in [2.05, 4.69) is 15.9 Å². The number of hydrogen-bond donors (Lipinski definition) is 3. The summed E-state index contributed by atoms with van der Waals surface area (Å²) in [6, 6.07) is 0.0179. The van der Waals surface area contributed by atoms with Crippen LogP contribution in [0.5, 0.6) is 0 Å².